The Kier molecular flexibility index (Phi) is 10.3. The van der Waals surface area contributed by atoms with Gasteiger partial charge in [0.25, 0.3) is 0 Å². The van der Waals surface area contributed by atoms with Crippen molar-refractivity contribution in [3.63, 3.8) is 0 Å². The van der Waals surface area contributed by atoms with Gasteiger partial charge in [0.15, 0.2) is 5.96 Å². The number of ether oxygens (including phenoxy) is 1. The largest absolute Gasteiger partial charge is 0.381 e. The van der Waals surface area contributed by atoms with Crippen LogP contribution in [-0.2, 0) is 11.3 Å². The molecule has 4 rings (SSSR count). The number of aliphatic imine (C=N–C) groups is 1. The van der Waals surface area contributed by atoms with E-state index in [4.69, 9.17) is 9.73 Å². The quantitative estimate of drug-likeness (QED) is 0.322. The number of fused-ring (bicyclic) bond motifs is 1. The summed E-state index contributed by atoms with van der Waals surface area (Å²) in [5, 5.41) is 3.61. The Hall–Kier alpha value is -0.900. The smallest absolute Gasteiger partial charge is 0.193 e. The fourth-order valence-electron chi connectivity index (χ4n) is 5.86. The summed E-state index contributed by atoms with van der Waals surface area (Å²) in [5.74, 6) is 1.84. The molecule has 3 fully saturated rings. The SMILES string of the molecule is CCNC(=NCC1(N(C)C)CCOCC1)N1CCC2C(CCCN2Cc2ccccc2)C1.I. The maximum Gasteiger partial charge on any atom is 0.193 e. The predicted molar refractivity (Wildman–Crippen MR) is 147 cm³/mol. The molecule has 3 aliphatic heterocycles. The average Bonchev–Trinajstić information content (AvgIpc) is 2.83. The van der Waals surface area contributed by atoms with Crippen LogP contribution in [0.25, 0.3) is 0 Å². The van der Waals surface area contributed by atoms with Crippen LogP contribution in [0.2, 0.25) is 0 Å². The lowest BCUT2D eigenvalue weighted by Crippen LogP contribution is -2.57. The number of piperidine rings is 2. The van der Waals surface area contributed by atoms with Gasteiger partial charge in [-0.05, 0) is 71.1 Å². The molecule has 33 heavy (non-hydrogen) atoms. The normalized spacial score (nSPS) is 25.9. The molecule has 6 nitrogen and oxygen atoms in total. The van der Waals surface area contributed by atoms with Crippen molar-refractivity contribution >= 4 is 29.9 Å². The van der Waals surface area contributed by atoms with Crippen LogP contribution in [0.15, 0.2) is 35.3 Å². The van der Waals surface area contributed by atoms with Crippen LogP contribution < -0.4 is 5.32 Å². The summed E-state index contributed by atoms with van der Waals surface area (Å²) in [4.78, 5) is 12.9. The van der Waals surface area contributed by atoms with Gasteiger partial charge in [-0.15, -0.1) is 24.0 Å². The minimum Gasteiger partial charge on any atom is -0.381 e. The van der Waals surface area contributed by atoms with E-state index in [0.717, 1.165) is 70.7 Å². The number of guanidine groups is 1. The zero-order chi connectivity index (χ0) is 22.4. The van der Waals surface area contributed by atoms with E-state index < -0.39 is 0 Å². The Bertz CT molecular complexity index is 737. The zero-order valence-electron chi connectivity index (χ0n) is 20.8. The van der Waals surface area contributed by atoms with Gasteiger partial charge in [0.1, 0.15) is 0 Å². The first-order valence-corrected chi connectivity index (χ1v) is 12.7. The summed E-state index contributed by atoms with van der Waals surface area (Å²) in [7, 11) is 4.39. The molecule has 7 heteroatoms. The lowest BCUT2D eigenvalue weighted by molar-refractivity contribution is -0.00284. The Morgan fingerprint density at radius 2 is 1.91 bits per heavy atom. The van der Waals surface area contributed by atoms with Gasteiger partial charge in [0, 0.05) is 51.0 Å². The zero-order valence-corrected chi connectivity index (χ0v) is 23.2. The van der Waals surface area contributed by atoms with Gasteiger partial charge >= 0.3 is 0 Å². The van der Waals surface area contributed by atoms with Crippen LogP contribution in [0.1, 0.15) is 44.6 Å². The minimum atomic E-state index is 0. The highest BCUT2D eigenvalue weighted by Crippen LogP contribution is 2.32. The first-order chi connectivity index (χ1) is 15.6. The molecular weight excluding hydrogens is 525 g/mol. The van der Waals surface area contributed by atoms with Gasteiger partial charge in [0.2, 0.25) is 0 Å². The van der Waals surface area contributed by atoms with Crippen LogP contribution in [0.3, 0.4) is 0 Å². The highest BCUT2D eigenvalue weighted by Gasteiger charge is 2.38. The van der Waals surface area contributed by atoms with Crippen molar-refractivity contribution in [3.8, 4) is 0 Å². The molecule has 3 aliphatic rings. The summed E-state index contributed by atoms with van der Waals surface area (Å²) in [6, 6.07) is 11.7. The highest BCUT2D eigenvalue weighted by molar-refractivity contribution is 14.0. The summed E-state index contributed by atoms with van der Waals surface area (Å²) >= 11 is 0. The second-order valence-corrected chi connectivity index (χ2v) is 10.1. The molecule has 186 valence electrons. The molecule has 0 spiro atoms. The first-order valence-electron chi connectivity index (χ1n) is 12.7. The molecule has 2 atom stereocenters. The monoisotopic (exact) mass is 569 g/mol. The summed E-state index contributed by atoms with van der Waals surface area (Å²) < 4.78 is 5.65. The predicted octanol–water partition coefficient (Wildman–Crippen LogP) is 3.67. The molecule has 3 heterocycles. The molecule has 0 saturated carbocycles. The lowest BCUT2D eigenvalue weighted by Gasteiger charge is -2.48. The molecule has 1 aromatic rings. The van der Waals surface area contributed by atoms with Crippen LogP contribution in [0, 0.1) is 5.92 Å². The first kappa shape index (κ1) is 26.7. The van der Waals surface area contributed by atoms with Crippen molar-refractivity contribution < 1.29 is 4.74 Å². The molecule has 0 aliphatic carbocycles. The van der Waals surface area contributed by atoms with Gasteiger partial charge in [-0.1, -0.05) is 30.3 Å². The Labute approximate surface area is 218 Å². The van der Waals surface area contributed by atoms with Gasteiger partial charge in [-0.2, -0.15) is 0 Å². The number of rotatable bonds is 6. The highest BCUT2D eigenvalue weighted by atomic mass is 127. The van der Waals surface area contributed by atoms with Gasteiger partial charge < -0.3 is 19.9 Å². The molecule has 0 radical (unpaired) electrons. The standard InChI is InChI=1S/C26H43N5O.HI/c1-4-27-25(28-21-26(29(2)3)13-17-32-18-14-26)31-16-12-24-23(20-31)11-8-15-30(24)19-22-9-6-5-7-10-22;/h5-7,9-10,23-24H,4,8,11-21H2,1-3H3,(H,27,28);1H. The van der Waals surface area contributed by atoms with Crippen molar-refractivity contribution in [1.82, 2.24) is 20.0 Å². The Morgan fingerprint density at radius 1 is 1.15 bits per heavy atom. The average molecular weight is 570 g/mol. The van der Waals surface area contributed by atoms with E-state index in [1.165, 1.54) is 31.4 Å². The molecule has 3 saturated heterocycles. The van der Waals surface area contributed by atoms with Crippen LogP contribution in [0.4, 0.5) is 0 Å². The fraction of sp³-hybridized carbons (Fsp3) is 0.731. The van der Waals surface area contributed by atoms with Gasteiger partial charge in [-0.3, -0.25) is 9.89 Å². The van der Waals surface area contributed by atoms with E-state index in [0.29, 0.717) is 6.04 Å². The topological polar surface area (TPSA) is 43.3 Å². The molecule has 0 aromatic heterocycles. The summed E-state index contributed by atoms with van der Waals surface area (Å²) in [5.41, 5.74) is 1.56. The number of nitrogens with zero attached hydrogens (tertiary/aromatic N) is 4. The molecule has 0 bridgehead atoms. The second-order valence-electron chi connectivity index (χ2n) is 10.1. The number of likely N-dealkylation sites (N-methyl/N-ethyl adjacent to an activating group) is 1. The maximum absolute atomic E-state index is 5.65. The van der Waals surface area contributed by atoms with E-state index in [9.17, 15) is 0 Å². The van der Waals surface area contributed by atoms with Crippen molar-refractivity contribution in [2.45, 2.75) is 57.2 Å². The maximum atomic E-state index is 5.65. The number of hydrogen-bond acceptors (Lipinski definition) is 4. The Morgan fingerprint density at radius 3 is 2.61 bits per heavy atom. The number of likely N-dealkylation sites (tertiary alicyclic amines) is 2. The third kappa shape index (κ3) is 6.61. The van der Waals surface area contributed by atoms with Crippen LogP contribution in [0.5, 0.6) is 0 Å². The van der Waals surface area contributed by atoms with E-state index in [2.05, 4.69) is 71.4 Å². The third-order valence-electron chi connectivity index (χ3n) is 7.94. The number of halogens is 1. The second kappa shape index (κ2) is 12.7. The lowest BCUT2D eigenvalue weighted by atomic mass is 9.83. The van der Waals surface area contributed by atoms with E-state index in [1.807, 2.05) is 0 Å². The Balaban J connectivity index is 0.00000306. The van der Waals surface area contributed by atoms with Crippen molar-refractivity contribution in [3.05, 3.63) is 35.9 Å². The van der Waals surface area contributed by atoms with E-state index in [-0.39, 0.29) is 29.5 Å². The molecular formula is C26H44IN5O. The van der Waals surface area contributed by atoms with Gasteiger partial charge in [-0.25, -0.2) is 0 Å². The number of hydrogen-bond donors (Lipinski definition) is 1. The summed E-state index contributed by atoms with van der Waals surface area (Å²) in [6.07, 6.45) is 5.99. The molecule has 2 unspecified atom stereocenters. The third-order valence-corrected chi connectivity index (χ3v) is 7.94. The van der Waals surface area contributed by atoms with Crippen molar-refractivity contribution in [2.24, 2.45) is 10.9 Å². The molecule has 0 amide bonds. The summed E-state index contributed by atoms with van der Waals surface area (Å²) in [6.45, 7) is 10.2. The number of nitrogens with one attached hydrogen (secondary N) is 1. The van der Waals surface area contributed by atoms with Gasteiger partial charge in [0.05, 0.1) is 6.54 Å². The fourth-order valence-corrected chi connectivity index (χ4v) is 5.86. The van der Waals surface area contributed by atoms with Crippen molar-refractivity contribution in [2.75, 3.05) is 60.0 Å². The van der Waals surface area contributed by atoms with Crippen molar-refractivity contribution in [1.29, 1.82) is 0 Å². The van der Waals surface area contributed by atoms with Crippen LogP contribution in [-0.4, -0.2) is 92.3 Å². The van der Waals surface area contributed by atoms with E-state index >= 15 is 0 Å². The van der Waals surface area contributed by atoms with E-state index in [1.54, 1.807) is 0 Å². The molecule has 1 aromatic carbocycles. The van der Waals surface area contributed by atoms with Crippen LogP contribution >= 0.6 is 24.0 Å². The molecule has 1 N–H and O–H groups in total. The minimum absolute atomic E-state index is 0. The number of benzene rings is 1.